The maximum Gasteiger partial charge on any atom is 0.101 e. The third-order valence-corrected chi connectivity index (χ3v) is 3.38. The first-order chi connectivity index (χ1) is 7.62. The smallest absolute Gasteiger partial charge is 0.101 e. The van der Waals surface area contributed by atoms with Crippen molar-refractivity contribution in [3.8, 4) is 6.07 Å². The molecule has 0 saturated carbocycles. The number of nitriles is 1. The summed E-state index contributed by atoms with van der Waals surface area (Å²) in [6, 6.07) is 4.02. The van der Waals surface area contributed by atoms with Crippen LogP contribution in [0.3, 0.4) is 0 Å². The molecule has 0 aliphatic carbocycles. The highest BCUT2D eigenvalue weighted by molar-refractivity contribution is 5.57. The number of nitrogens with zero attached hydrogens (tertiary/aromatic N) is 3. The Morgan fingerprint density at radius 1 is 1.38 bits per heavy atom. The van der Waals surface area contributed by atoms with Crippen LogP contribution in [0.2, 0.25) is 0 Å². The van der Waals surface area contributed by atoms with Crippen molar-refractivity contribution in [2.75, 3.05) is 18.0 Å². The Morgan fingerprint density at radius 2 is 2.06 bits per heavy atom. The second-order valence-corrected chi connectivity index (χ2v) is 5.16. The summed E-state index contributed by atoms with van der Waals surface area (Å²) in [4.78, 5) is 6.39. The van der Waals surface area contributed by atoms with Gasteiger partial charge in [0.15, 0.2) is 0 Å². The van der Waals surface area contributed by atoms with Crippen molar-refractivity contribution >= 4 is 5.69 Å². The average molecular weight is 215 g/mol. The Labute approximate surface area is 96.7 Å². The van der Waals surface area contributed by atoms with Crippen LogP contribution in [0.4, 0.5) is 5.69 Å². The van der Waals surface area contributed by atoms with E-state index in [0.29, 0.717) is 5.41 Å². The van der Waals surface area contributed by atoms with E-state index in [9.17, 15) is 0 Å². The zero-order chi connectivity index (χ0) is 11.6. The minimum Gasteiger partial charge on any atom is -0.369 e. The summed E-state index contributed by atoms with van der Waals surface area (Å²) in [5.41, 5.74) is 2.15. The molecule has 1 aromatic heterocycles. The van der Waals surface area contributed by atoms with Gasteiger partial charge in [-0.1, -0.05) is 13.8 Å². The van der Waals surface area contributed by atoms with Gasteiger partial charge in [0.05, 0.1) is 17.4 Å². The van der Waals surface area contributed by atoms with E-state index in [1.807, 2.05) is 0 Å². The van der Waals surface area contributed by atoms with Crippen LogP contribution >= 0.6 is 0 Å². The first kappa shape index (κ1) is 10.9. The molecule has 0 radical (unpaired) electrons. The fourth-order valence-electron chi connectivity index (χ4n) is 2.09. The summed E-state index contributed by atoms with van der Waals surface area (Å²) in [5, 5.41) is 9.05. The van der Waals surface area contributed by atoms with Crippen molar-refractivity contribution in [3.05, 3.63) is 24.0 Å². The van der Waals surface area contributed by atoms with Gasteiger partial charge in [0.1, 0.15) is 6.07 Å². The van der Waals surface area contributed by atoms with E-state index in [1.165, 1.54) is 12.8 Å². The largest absolute Gasteiger partial charge is 0.369 e. The molecule has 1 fully saturated rings. The van der Waals surface area contributed by atoms with Gasteiger partial charge >= 0.3 is 0 Å². The zero-order valence-corrected chi connectivity index (χ0v) is 9.90. The van der Waals surface area contributed by atoms with Crippen LogP contribution in [0.5, 0.6) is 0 Å². The molecule has 16 heavy (non-hydrogen) atoms. The van der Waals surface area contributed by atoms with Crippen molar-refractivity contribution < 1.29 is 0 Å². The third kappa shape index (κ3) is 2.16. The molecular formula is C13H17N3. The molecule has 0 amide bonds. The molecular weight excluding hydrogens is 198 g/mol. The lowest BCUT2D eigenvalue weighted by Crippen LogP contribution is -2.37. The predicted molar refractivity (Wildman–Crippen MR) is 64.2 cm³/mol. The number of aromatic nitrogens is 1. The molecule has 3 nitrogen and oxygen atoms in total. The van der Waals surface area contributed by atoms with Crippen LogP contribution in [0, 0.1) is 16.7 Å². The van der Waals surface area contributed by atoms with Gasteiger partial charge in [-0.2, -0.15) is 5.26 Å². The molecule has 1 aliphatic heterocycles. The van der Waals surface area contributed by atoms with Crippen molar-refractivity contribution in [3.63, 3.8) is 0 Å². The fourth-order valence-corrected chi connectivity index (χ4v) is 2.09. The van der Waals surface area contributed by atoms with Gasteiger partial charge < -0.3 is 4.90 Å². The van der Waals surface area contributed by atoms with Crippen LogP contribution in [-0.2, 0) is 0 Å². The monoisotopic (exact) mass is 215 g/mol. The summed E-state index contributed by atoms with van der Waals surface area (Å²) in [7, 11) is 0. The highest BCUT2D eigenvalue weighted by Gasteiger charge is 2.26. The number of anilines is 1. The molecule has 0 bridgehead atoms. The van der Waals surface area contributed by atoms with Crippen molar-refractivity contribution in [2.45, 2.75) is 26.7 Å². The van der Waals surface area contributed by atoms with Gasteiger partial charge in [0, 0.05) is 19.3 Å². The van der Waals surface area contributed by atoms with Crippen LogP contribution in [0.25, 0.3) is 0 Å². The van der Waals surface area contributed by atoms with E-state index >= 15 is 0 Å². The van der Waals surface area contributed by atoms with E-state index in [4.69, 9.17) is 5.26 Å². The van der Waals surface area contributed by atoms with E-state index < -0.39 is 0 Å². The van der Waals surface area contributed by atoms with Gasteiger partial charge in [0.2, 0.25) is 0 Å². The van der Waals surface area contributed by atoms with Gasteiger partial charge in [-0.3, -0.25) is 4.98 Å². The summed E-state index contributed by atoms with van der Waals surface area (Å²) in [6.45, 7) is 6.65. The maximum atomic E-state index is 9.05. The predicted octanol–water partition coefficient (Wildman–Crippen LogP) is 2.58. The molecule has 0 spiro atoms. The maximum absolute atomic E-state index is 9.05. The second-order valence-electron chi connectivity index (χ2n) is 5.16. The molecule has 2 heterocycles. The molecule has 0 unspecified atom stereocenters. The molecule has 1 aromatic rings. The minimum absolute atomic E-state index is 0.436. The van der Waals surface area contributed by atoms with Gasteiger partial charge in [-0.25, -0.2) is 0 Å². The second kappa shape index (κ2) is 4.13. The van der Waals surface area contributed by atoms with Crippen molar-refractivity contribution in [1.82, 2.24) is 4.98 Å². The summed E-state index contributed by atoms with van der Waals surface area (Å²) in [5.74, 6) is 0. The molecule has 0 aromatic carbocycles. The van der Waals surface area contributed by atoms with E-state index in [1.54, 1.807) is 18.5 Å². The Balaban J connectivity index is 2.18. The SMILES string of the molecule is CC1(C)CCN(c2cnccc2C#N)CC1. The Morgan fingerprint density at radius 3 is 2.69 bits per heavy atom. The van der Waals surface area contributed by atoms with Crippen molar-refractivity contribution in [1.29, 1.82) is 5.26 Å². The van der Waals surface area contributed by atoms with Gasteiger partial charge in [-0.15, -0.1) is 0 Å². The van der Waals surface area contributed by atoms with Crippen molar-refractivity contribution in [2.24, 2.45) is 5.41 Å². The highest BCUT2D eigenvalue weighted by Crippen LogP contribution is 2.32. The van der Waals surface area contributed by atoms with Crippen LogP contribution in [0.1, 0.15) is 32.3 Å². The highest BCUT2D eigenvalue weighted by atomic mass is 15.1. The number of piperidine rings is 1. The van der Waals surface area contributed by atoms with Crippen LogP contribution in [0.15, 0.2) is 18.5 Å². The lowest BCUT2D eigenvalue weighted by molar-refractivity contribution is 0.279. The Hall–Kier alpha value is -1.56. The quantitative estimate of drug-likeness (QED) is 0.723. The van der Waals surface area contributed by atoms with E-state index in [2.05, 4.69) is 29.8 Å². The number of hydrogen-bond donors (Lipinski definition) is 0. The van der Waals surface area contributed by atoms with Gasteiger partial charge in [0.25, 0.3) is 0 Å². The summed E-state index contributed by atoms with van der Waals surface area (Å²) < 4.78 is 0. The Bertz CT molecular complexity index is 407. The molecule has 0 N–H and O–H groups in total. The van der Waals surface area contributed by atoms with E-state index in [-0.39, 0.29) is 0 Å². The lowest BCUT2D eigenvalue weighted by Gasteiger charge is -2.38. The molecule has 2 rings (SSSR count). The number of pyridine rings is 1. The zero-order valence-electron chi connectivity index (χ0n) is 9.90. The van der Waals surface area contributed by atoms with Crippen LogP contribution in [-0.4, -0.2) is 18.1 Å². The Kier molecular flexibility index (Phi) is 2.82. The normalized spacial score (nSPS) is 19.2. The minimum atomic E-state index is 0.436. The van der Waals surface area contributed by atoms with Gasteiger partial charge in [-0.05, 0) is 24.3 Å². The summed E-state index contributed by atoms with van der Waals surface area (Å²) in [6.07, 6.45) is 5.83. The number of hydrogen-bond acceptors (Lipinski definition) is 3. The molecule has 1 aliphatic rings. The average Bonchev–Trinajstić information content (AvgIpc) is 2.29. The topological polar surface area (TPSA) is 39.9 Å². The lowest BCUT2D eigenvalue weighted by atomic mass is 9.82. The molecule has 0 atom stereocenters. The first-order valence-corrected chi connectivity index (χ1v) is 5.71. The number of rotatable bonds is 1. The fraction of sp³-hybridized carbons (Fsp3) is 0.538. The molecule has 84 valence electrons. The summed E-state index contributed by atoms with van der Waals surface area (Å²) >= 11 is 0. The van der Waals surface area contributed by atoms with Crippen LogP contribution < -0.4 is 4.90 Å². The third-order valence-electron chi connectivity index (χ3n) is 3.38. The molecule has 3 heteroatoms. The first-order valence-electron chi connectivity index (χ1n) is 5.71. The molecule has 1 saturated heterocycles. The van der Waals surface area contributed by atoms with E-state index in [0.717, 1.165) is 24.3 Å². The standard InChI is InChI=1S/C13H17N3/c1-13(2)4-7-16(8-5-13)12-10-15-6-3-11(12)9-14/h3,6,10H,4-5,7-8H2,1-2H3.